The summed E-state index contributed by atoms with van der Waals surface area (Å²) < 4.78 is 20.1. The van der Waals surface area contributed by atoms with E-state index in [1.807, 2.05) is 42.6 Å². The van der Waals surface area contributed by atoms with Crippen molar-refractivity contribution in [3.63, 3.8) is 0 Å². The summed E-state index contributed by atoms with van der Waals surface area (Å²) >= 11 is -1.90. The molecule has 28 heavy (non-hydrogen) atoms. The second kappa shape index (κ2) is 8.24. The van der Waals surface area contributed by atoms with Gasteiger partial charge in [-0.25, -0.2) is 9.19 Å². The standard InChI is InChI=1S/C21H18N4O2S/c26-28(27)14-16-8-18(12-22-11-16)17-6-7-23-20(10-17)21-24-13-19(25-21)9-15-4-2-1-3-5-15/h1-8,10-13H,9,14H2,(H,24,25)(H,26,27). The molecule has 0 radical (unpaired) electrons. The average Bonchev–Trinajstić information content (AvgIpc) is 3.17. The molecular weight excluding hydrogens is 372 g/mol. The number of nitrogens with zero attached hydrogens (tertiary/aromatic N) is 3. The van der Waals surface area contributed by atoms with Gasteiger partial charge in [0, 0.05) is 42.5 Å². The van der Waals surface area contributed by atoms with Crippen molar-refractivity contribution in [3.05, 3.63) is 90.1 Å². The van der Waals surface area contributed by atoms with Gasteiger partial charge in [-0.2, -0.15) is 0 Å². The monoisotopic (exact) mass is 390 g/mol. The first-order chi connectivity index (χ1) is 13.7. The SMILES string of the molecule is O=S(O)Cc1cncc(-c2ccnc(-c3ncc(Cc4ccccc4)[nH]3)c2)c1. The van der Waals surface area contributed by atoms with Crippen LogP contribution in [0.4, 0.5) is 0 Å². The van der Waals surface area contributed by atoms with E-state index < -0.39 is 11.1 Å². The van der Waals surface area contributed by atoms with Crippen molar-refractivity contribution in [1.29, 1.82) is 0 Å². The molecule has 6 nitrogen and oxygen atoms in total. The van der Waals surface area contributed by atoms with Crippen LogP contribution < -0.4 is 0 Å². The van der Waals surface area contributed by atoms with E-state index in [2.05, 4.69) is 32.1 Å². The molecule has 0 fully saturated rings. The Morgan fingerprint density at radius 3 is 2.61 bits per heavy atom. The number of aromatic amines is 1. The van der Waals surface area contributed by atoms with Crippen LogP contribution in [0.5, 0.6) is 0 Å². The largest absolute Gasteiger partial charge is 0.340 e. The predicted octanol–water partition coefficient (Wildman–Crippen LogP) is 3.85. The fraction of sp³-hybridized carbons (Fsp3) is 0.0952. The highest BCUT2D eigenvalue weighted by Crippen LogP contribution is 2.24. The smallest absolute Gasteiger partial charge is 0.157 e. The van der Waals surface area contributed by atoms with Crippen LogP contribution in [-0.4, -0.2) is 28.7 Å². The molecule has 1 aromatic carbocycles. The second-order valence-corrected chi connectivity index (χ2v) is 7.33. The number of H-pyrrole nitrogens is 1. The van der Waals surface area contributed by atoms with Crippen molar-refractivity contribution in [3.8, 4) is 22.6 Å². The summed E-state index contributed by atoms with van der Waals surface area (Å²) in [5, 5.41) is 0. The summed E-state index contributed by atoms with van der Waals surface area (Å²) in [4.78, 5) is 16.4. The highest BCUT2D eigenvalue weighted by molar-refractivity contribution is 7.78. The summed E-state index contributed by atoms with van der Waals surface area (Å²) in [5.74, 6) is 0.758. The van der Waals surface area contributed by atoms with Gasteiger partial charge in [-0.15, -0.1) is 0 Å². The van der Waals surface area contributed by atoms with Crippen molar-refractivity contribution in [2.24, 2.45) is 0 Å². The molecule has 0 bridgehead atoms. The Bertz CT molecular complexity index is 1110. The maximum Gasteiger partial charge on any atom is 0.157 e. The molecule has 3 heterocycles. The van der Waals surface area contributed by atoms with Gasteiger partial charge in [0.2, 0.25) is 0 Å². The molecule has 3 aromatic heterocycles. The molecule has 2 N–H and O–H groups in total. The lowest BCUT2D eigenvalue weighted by Gasteiger charge is -2.05. The summed E-state index contributed by atoms with van der Waals surface area (Å²) in [6.07, 6.45) is 7.65. The van der Waals surface area contributed by atoms with E-state index >= 15 is 0 Å². The van der Waals surface area contributed by atoms with Crippen LogP contribution in [-0.2, 0) is 23.3 Å². The zero-order valence-electron chi connectivity index (χ0n) is 14.9. The molecule has 1 unspecified atom stereocenters. The fourth-order valence-electron chi connectivity index (χ4n) is 3.00. The zero-order chi connectivity index (χ0) is 19.3. The van der Waals surface area contributed by atoms with Gasteiger partial charge in [-0.05, 0) is 34.9 Å². The van der Waals surface area contributed by atoms with Crippen molar-refractivity contribution in [2.45, 2.75) is 12.2 Å². The molecule has 7 heteroatoms. The summed E-state index contributed by atoms with van der Waals surface area (Å²) in [5.41, 5.74) is 5.45. The van der Waals surface area contributed by atoms with Crippen molar-refractivity contribution in [2.75, 3.05) is 0 Å². The molecule has 140 valence electrons. The summed E-state index contributed by atoms with van der Waals surface area (Å²) in [6.45, 7) is 0. The maximum atomic E-state index is 11.0. The maximum absolute atomic E-state index is 11.0. The van der Waals surface area contributed by atoms with Gasteiger partial charge >= 0.3 is 0 Å². The number of pyridine rings is 2. The van der Waals surface area contributed by atoms with E-state index in [-0.39, 0.29) is 5.75 Å². The number of nitrogens with one attached hydrogen (secondary N) is 1. The third kappa shape index (κ3) is 4.39. The first kappa shape index (κ1) is 18.2. The van der Waals surface area contributed by atoms with Crippen LogP contribution >= 0.6 is 0 Å². The van der Waals surface area contributed by atoms with Gasteiger partial charge in [0.05, 0.1) is 5.75 Å². The lowest BCUT2D eigenvalue weighted by atomic mass is 10.1. The quantitative estimate of drug-likeness (QED) is 0.488. The highest BCUT2D eigenvalue weighted by atomic mass is 32.2. The molecule has 4 rings (SSSR count). The van der Waals surface area contributed by atoms with E-state index in [0.717, 1.165) is 28.9 Å². The third-order valence-corrected chi connectivity index (χ3v) is 4.87. The van der Waals surface area contributed by atoms with Gasteiger partial charge in [-0.1, -0.05) is 30.3 Å². The topological polar surface area (TPSA) is 91.8 Å². The lowest BCUT2D eigenvalue weighted by molar-refractivity contribution is 0.563. The molecular formula is C21H18N4O2S. The molecule has 0 spiro atoms. The number of aromatic nitrogens is 4. The first-order valence-corrected chi connectivity index (χ1v) is 10.0. The molecule has 0 saturated heterocycles. The average molecular weight is 390 g/mol. The first-order valence-electron chi connectivity index (χ1n) is 8.73. The van der Waals surface area contributed by atoms with Gasteiger partial charge in [-0.3, -0.25) is 9.97 Å². The Hall–Kier alpha value is -3.16. The third-order valence-electron chi connectivity index (χ3n) is 4.29. The molecule has 1 atom stereocenters. The molecule has 0 amide bonds. The normalized spacial score (nSPS) is 12.0. The van der Waals surface area contributed by atoms with Crippen LogP contribution in [0.25, 0.3) is 22.6 Å². The molecule has 0 aliphatic rings. The number of rotatable bonds is 6. The highest BCUT2D eigenvalue weighted by Gasteiger charge is 2.09. The fourth-order valence-corrected chi connectivity index (χ4v) is 3.44. The van der Waals surface area contributed by atoms with Crippen LogP contribution in [0, 0.1) is 0 Å². The number of imidazole rings is 1. The van der Waals surface area contributed by atoms with Crippen LogP contribution in [0.1, 0.15) is 16.8 Å². The van der Waals surface area contributed by atoms with E-state index in [1.165, 1.54) is 5.56 Å². The number of hydrogen-bond donors (Lipinski definition) is 2. The summed E-state index contributed by atoms with van der Waals surface area (Å²) in [7, 11) is 0. The second-order valence-electron chi connectivity index (χ2n) is 6.40. The molecule has 4 aromatic rings. The Morgan fingerprint density at radius 1 is 0.929 bits per heavy atom. The van der Waals surface area contributed by atoms with Gasteiger partial charge in [0.15, 0.2) is 16.9 Å². The van der Waals surface area contributed by atoms with Crippen LogP contribution in [0.15, 0.2) is 73.3 Å². The lowest BCUT2D eigenvalue weighted by Crippen LogP contribution is -1.95. The van der Waals surface area contributed by atoms with Gasteiger partial charge < -0.3 is 9.54 Å². The minimum absolute atomic E-state index is 0.0554. The Balaban J connectivity index is 1.58. The number of benzene rings is 1. The van der Waals surface area contributed by atoms with Crippen LogP contribution in [0.2, 0.25) is 0 Å². The Labute approximate surface area is 165 Å². The molecule has 0 saturated carbocycles. The minimum Gasteiger partial charge on any atom is -0.340 e. The van der Waals surface area contributed by atoms with Gasteiger partial charge in [0.25, 0.3) is 0 Å². The molecule has 0 aliphatic carbocycles. The molecule has 0 aliphatic heterocycles. The van der Waals surface area contributed by atoms with E-state index in [4.69, 9.17) is 4.55 Å². The van der Waals surface area contributed by atoms with E-state index in [0.29, 0.717) is 11.4 Å². The van der Waals surface area contributed by atoms with Gasteiger partial charge in [0.1, 0.15) is 5.69 Å². The van der Waals surface area contributed by atoms with Crippen LogP contribution in [0.3, 0.4) is 0 Å². The van der Waals surface area contributed by atoms with E-state index in [9.17, 15) is 4.21 Å². The Morgan fingerprint density at radius 2 is 1.79 bits per heavy atom. The van der Waals surface area contributed by atoms with Crippen molar-refractivity contribution in [1.82, 2.24) is 19.9 Å². The van der Waals surface area contributed by atoms with Crippen molar-refractivity contribution >= 4 is 11.1 Å². The van der Waals surface area contributed by atoms with Crippen molar-refractivity contribution < 1.29 is 8.76 Å². The Kier molecular flexibility index (Phi) is 5.36. The summed E-state index contributed by atoms with van der Waals surface area (Å²) in [6, 6.07) is 15.9. The number of hydrogen-bond acceptors (Lipinski definition) is 4. The minimum atomic E-state index is -1.90. The zero-order valence-corrected chi connectivity index (χ0v) is 15.8. The predicted molar refractivity (Wildman–Crippen MR) is 109 cm³/mol. The van der Waals surface area contributed by atoms with E-state index in [1.54, 1.807) is 18.6 Å².